The number of hydrazone groups is 1. The maximum Gasteiger partial charge on any atom is 0.258 e. The van der Waals surface area contributed by atoms with Gasteiger partial charge in [-0.1, -0.05) is 58.7 Å². The average molecular weight is 455 g/mol. The summed E-state index contributed by atoms with van der Waals surface area (Å²) in [4.78, 5) is 20.6. The first-order valence-corrected chi connectivity index (χ1v) is 11.2. The molecule has 2 aromatic carbocycles. The van der Waals surface area contributed by atoms with Crippen molar-refractivity contribution in [2.24, 2.45) is 10.1 Å². The van der Waals surface area contributed by atoms with E-state index in [2.05, 4.69) is 22.1 Å². The van der Waals surface area contributed by atoms with Crippen LogP contribution in [0.15, 0.2) is 58.6 Å². The van der Waals surface area contributed by atoms with Crippen LogP contribution in [0, 0.1) is 6.92 Å². The molecule has 1 atom stereocenters. The van der Waals surface area contributed by atoms with Crippen LogP contribution in [-0.4, -0.2) is 32.5 Å². The summed E-state index contributed by atoms with van der Waals surface area (Å²) in [5.41, 5.74) is 4.73. The molecule has 5 rings (SSSR count). The molecule has 2 aliphatic rings. The fourth-order valence-corrected chi connectivity index (χ4v) is 4.86. The van der Waals surface area contributed by atoms with E-state index in [1.807, 2.05) is 48.3 Å². The standard InChI is InChI=1S/C22H16Cl2N4OS/c1-12-2-7-17-14(8-12)9-16(21(24)25-17)19-10-18(13-3-5-15(23)6-4-13)27-28(19)22-26-20(29)11-30-22/h2-9,19H,10-11H2,1H3. The SMILES string of the molecule is Cc1ccc2nc(Cl)c(C3CC(c4ccc(Cl)cc4)=NN3C3=NC(=O)CS3)cc2c1. The van der Waals surface area contributed by atoms with Crippen LogP contribution >= 0.6 is 35.0 Å². The van der Waals surface area contributed by atoms with Gasteiger partial charge < -0.3 is 0 Å². The van der Waals surface area contributed by atoms with Crippen LogP contribution < -0.4 is 0 Å². The summed E-state index contributed by atoms with van der Waals surface area (Å²) >= 11 is 14.1. The number of benzene rings is 2. The number of amides is 1. The number of amidine groups is 1. The first kappa shape index (κ1) is 19.5. The van der Waals surface area contributed by atoms with Gasteiger partial charge in [0.2, 0.25) is 0 Å². The van der Waals surface area contributed by atoms with Gasteiger partial charge in [-0.3, -0.25) is 4.79 Å². The minimum atomic E-state index is -0.197. The quantitative estimate of drug-likeness (QED) is 0.470. The Hall–Kier alpha value is -2.41. The topological polar surface area (TPSA) is 57.9 Å². The number of hydrogen-bond donors (Lipinski definition) is 0. The van der Waals surface area contributed by atoms with Gasteiger partial charge in [-0.25, -0.2) is 9.99 Å². The molecule has 2 aliphatic heterocycles. The van der Waals surface area contributed by atoms with Crippen LogP contribution in [0.4, 0.5) is 0 Å². The molecule has 0 radical (unpaired) electrons. The van der Waals surface area contributed by atoms with Crippen molar-refractivity contribution in [3.05, 3.63) is 75.4 Å². The molecule has 0 fully saturated rings. The molecule has 0 aliphatic carbocycles. The average Bonchev–Trinajstić information content (AvgIpc) is 3.35. The molecule has 1 aromatic heterocycles. The Morgan fingerprint density at radius 2 is 1.90 bits per heavy atom. The highest BCUT2D eigenvalue weighted by molar-refractivity contribution is 8.14. The molecule has 0 bridgehead atoms. The number of carbonyl (C=O) groups is 1. The normalized spacial score (nSPS) is 18.8. The smallest absolute Gasteiger partial charge is 0.258 e. The number of aliphatic imine (C=N–C) groups is 1. The Balaban J connectivity index is 1.60. The number of aryl methyl sites for hydroxylation is 1. The first-order chi connectivity index (χ1) is 14.5. The fraction of sp³-hybridized carbons (Fsp3) is 0.182. The number of fused-ring (bicyclic) bond motifs is 1. The molecule has 150 valence electrons. The lowest BCUT2D eigenvalue weighted by Gasteiger charge is -2.23. The fourth-order valence-electron chi connectivity index (χ4n) is 3.68. The molecule has 0 N–H and O–H groups in total. The van der Waals surface area contributed by atoms with Crippen LogP contribution in [-0.2, 0) is 4.79 Å². The van der Waals surface area contributed by atoms with Crippen LogP contribution in [0.1, 0.15) is 29.2 Å². The third-order valence-electron chi connectivity index (χ3n) is 5.14. The molecule has 1 amide bonds. The summed E-state index contributed by atoms with van der Waals surface area (Å²) in [7, 11) is 0. The number of carbonyl (C=O) groups excluding carboxylic acids is 1. The van der Waals surface area contributed by atoms with E-state index < -0.39 is 0 Å². The Labute approximate surface area is 187 Å². The van der Waals surface area contributed by atoms with Crippen molar-refractivity contribution in [2.45, 2.75) is 19.4 Å². The second-order valence-electron chi connectivity index (χ2n) is 7.26. The highest BCUT2D eigenvalue weighted by Crippen LogP contribution is 2.39. The van der Waals surface area contributed by atoms with Gasteiger partial charge in [0.05, 0.1) is 23.0 Å². The van der Waals surface area contributed by atoms with Crippen molar-refractivity contribution in [3.63, 3.8) is 0 Å². The molecule has 8 heteroatoms. The van der Waals surface area contributed by atoms with E-state index >= 15 is 0 Å². The highest BCUT2D eigenvalue weighted by atomic mass is 35.5. The molecule has 1 unspecified atom stereocenters. The maximum atomic E-state index is 11.8. The highest BCUT2D eigenvalue weighted by Gasteiger charge is 2.36. The molecule has 0 spiro atoms. The molecular formula is C22H16Cl2N4OS. The minimum absolute atomic E-state index is 0.151. The maximum absolute atomic E-state index is 11.8. The predicted octanol–water partition coefficient (Wildman–Crippen LogP) is 5.63. The van der Waals surface area contributed by atoms with Crippen LogP contribution in [0.5, 0.6) is 0 Å². The van der Waals surface area contributed by atoms with Crippen LogP contribution in [0.2, 0.25) is 10.2 Å². The van der Waals surface area contributed by atoms with Crippen molar-refractivity contribution < 1.29 is 4.79 Å². The van der Waals surface area contributed by atoms with Gasteiger partial charge in [0.1, 0.15) is 5.15 Å². The van der Waals surface area contributed by atoms with Gasteiger partial charge in [0.25, 0.3) is 5.91 Å². The zero-order valence-electron chi connectivity index (χ0n) is 16.0. The molecular weight excluding hydrogens is 439 g/mol. The van der Waals surface area contributed by atoms with Crippen molar-refractivity contribution in [1.82, 2.24) is 9.99 Å². The lowest BCUT2D eigenvalue weighted by molar-refractivity contribution is -0.115. The van der Waals surface area contributed by atoms with Crippen molar-refractivity contribution in [2.75, 3.05) is 5.75 Å². The third kappa shape index (κ3) is 3.60. The van der Waals surface area contributed by atoms with Gasteiger partial charge in [0, 0.05) is 22.4 Å². The second kappa shape index (κ2) is 7.69. The molecule has 0 saturated carbocycles. The van der Waals surface area contributed by atoms with E-state index in [0.717, 1.165) is 33.3 Å². The van der Waals surface area contributed by atoms with Gasteiger partial charge >= 0.3 is 0 Å². The zero-order valence-corrected chi connectivity index (χ0v) is 18.3. The molecule has 3 aromatic rings. The van der Waals surface area contributed by atoms with Gasteiger partial charge in [-0.2, -0.15) is 10.1 Å². The summed E-state index contributed by atoms with van der Waals surface area (Å²) in [6.07, 6.45) is 0.619. The van der Waals surface area contributed by atoms with Gasteiger partial charge in [0.15, 0.2) is 5.17 Å². The minimum Gasteiger partial charge on any atom is -0.272 e. The number of halogens is 2. The number of aromatic nitrogens is 1. The summed E-state index contributed by atoms with van der Waals surface area (Å²) < 4.78 is 0. The van der Waals surface area contributed by atoms with Crippen molar-refractivity contribution in [1.29, 1.82) is 0 Å². The van der Waals surface area contributed by atoms with E-state index in [-0.39, 0.29) is 11.9 Å². The number of hydrogen-bond acceptors (Lipinski definition) is 5. The Bertz CT molecular complexity index is 1240. The van der Waals surface area contributed by atoms with E-state index in [1.165, 1.54) is 11.8 Å². The molecule has 0 saturated heterocycles. The lowest BCUT2D eigenvalue weighted by atomic mass is 9.98. The summed E-state index contributed by atoms with van der Waals surface area (Å²) in [6.45, 7) is 2.05. The number of thioether (sulfide) groups is 1. The van der Waals surface area contributed by atoms with Crippen molar-refractivity contribution >= 4 is 62.7 Å². The van der Waals surface area contributed by atoms with Crippen LogP contribution in [0.25, 0.3) is 10.9 Å². The third-order valence-corrected chi connectivity index (χ3v) is 6.62. The van der Waals surface area contributed by atoms with E-state index in [4.69, 9.17) is 28.3 Å². The molecule has 3 heterocycles. The number of rotatable bonds is 2. The Morgan fingerprint density at radius 1 is 1.10 bits per heavy atom. The molecule has 5 nitrogen and oxygen atoms in total. The monoisotopic (exact) mass is 454 g/mol. The summed E-state index contributed by atoms with van der Waals surface area (Å²) in [6, 6.07) is 15.5. The van der Waals surface area contributed by atoms with E-state index in [9.17, 15) is 4.79 Å². The molecule has 30 heavy (non-hydrogen) atoms. The largest absolute Gasteiger partial charge is 0.272 e. The number of pyridine rings is 1. The number of nitrogens with zero attached hydrogens (tertiary/aromatic N) is 4. The first-order valence-electron chi connectivity index (χ1n) is 9.42. The van der Waals surface area contributed by atoms with E-state index in [0.29, 0.717) is 27.5 Å². The van der Waals surface area contributed by atoms with Crippen molar-refractivity contribution in [3.8, 4) is 0 Å². The Kier molecular flexibility index (Phi) is 5.01. The van der Waals surface area contributed by atoms with E-state index in [1.54, 1.807) is 0 Å². The van der Waals surface area contributed by atoms with Gasteiger partial charge in [-0.15, -0.1) is 0 Å². The Morgan fingerprint density at radius 3 is 2.63 bits per heavy atom. The zero-order chi connectivity index (χ0) is 20.8. The summed E-state index contributed by atoms with van der Waals surface area (Å²) in [5.74, 6) is 0.176. The predicted molar refractivity (Wildman–Crippen MR) is 124 cm³/mol. The van der Waals surface area contributed by atoms with Crippen LogP contribution in [0.3, 0.4) is 0 Å². The van der Waals surface area contributed by atoms with Gasteiger partial charge in [-0.05, 0) is 42.8 Å². The summed E-state index contributed by atoms with van der Waals surface area (Å²) in [5, 5.41) is 9.34. The lowest BCUT2D eigenvalue weighted by Crippen LogP contribution is -2.24. The second-order valence-corrected chi connectivity index (χ2v) is 9.00.